The van der Waals surface area contributed by atoms with Gasteiger partial charge in [0, 0.05) is 25.7 Å². The largest absolute Gasteiger partial charge is 0.379 e. The predicted molar refractivity (Wildman–Crippen MR) is 70.1 cm³/mol. The minimum absolute atomic E-state index is 0.634. The molecule has 4 nitrogen and oxygen atoms in total. The molecule has 0 aromatic heterocycles. The van der Waals surface area contributed by atoms with E-state index in [1.54, 1.807) is 0 Å². The highest BCUT2D eigenvalue weighted by Crippen LogP contribution is 2.29. The Morgan fingerprint density at radius 2 is 2.12 bits per heavy atom. The average molecular weight is 241 g/mol. The van der Waals surface area contributed by atoms with Crippen molar-refractivity contribution in [2.45, 2.75) is 25.3 Å². The fourth-order valence-corrected chi connectivity index (χ4v) is 3.31. The molecule has 2 fully saturated rings. The molecular formula is C13H27N3O. The summed E-state index contributed by atoms with van der Waals surface area (Å²) in [6.45, 7) is 7.04. The second-order valence-electron chi connectivity index (χ2n) is 5.44. The van der Waals surface area contributed by atoms with Crippen LogP contribution in [0.1, 0.15) is 19.3 Å². The van der Waals surface area contributed by atoms with Crippen molar-refractivity contribution >= 4 is 0 Å². The Balaban J connectivity index is 1.70. The topological polar surface area (TPSA) is 41.7 Å². The molecule has 0 aromatic rings. The number of rotatable bonds is 5. The molecule has 0 bridgehead atoms. The lowest BCUT2D eigenvalue weighted by Crippen LogP contribution is -2.53. The van der Waals surface area contributed by atoms with Crippen LogP contribution in [0.25, 0.3) is 0 Å². The quantitative estimate of drug-likeness (QED) is 0.707. The Morgan fingerprint density at radius 1 is 1.24 bits per heavy atom. The van der Waals surface area contributed by atoms with Crippen molar-refractivity contribution in [3.63, 3.8) is 0 Å². The first-order valence-electron chi connectivity index (χ1n) is 7.01. The molecule has 2 aliphatic rings. The Labute approximate surface area is 105 Å². The fraction of sp³-hybridized carbons (Fsp3) is 1.00. The van der Waals surface area contributed by atoms with Gasteiger partial charge in [0.25, 0.3) is 0 Å². The van der Waals surface area contributed by atoms with E-state index < -0.39 is 0 Å². The van der Waals surface area contributed by atoms with Crippen LogP contribution in [0.3, 0.4) is 0 Å². The van der Waals surface area contributed by atoms with E-state index in [0.29, 0.717) is 13.2 Å². The Kier molecular flexibility index (Phi) is 5.22. The van der Waals surface area contributed by atoms with Gasteiger partial charge in [0.15, 0.2) is 0 Å². The van der Waals surface area contributed by atoms with Gasteiger partial charge in [0.05, 0.1) is 13.2 Å². The van der Waals surface area contributed by atoms with Crippen LogP contribution in [0.4, 0.5) is 0 Å². The zero-order chi connectivity index (χ0) is 12.1. The molecule has 2 N–H and O–H groups in total. The summed E-state index contributed by atoms with van der Waals surface area (Å²) in [4.78, 5) is 5.13. The predicted octanol–water partition coefficient (Wildman–Crippen LogP) is 0.378. The van der Waals surface area contributed by atoms with Crippen molar-refractivity contribution in [1.29, 1.82) is 0 Å². The summed E-state index contributed by atoms with van der Waals surface area (Å²) in [5.74, 6) is 0.886. The van der Waals surface area contributed by atoms with E-state index in [9.17, 15) is 0 Å². The minimum atomic E-state index is 0.634. The molecule has 2 unspecified atom stereocenters. The molecule has 0 saturated carbocycles. The van der Waals surface area contributed by atoms with Crippen LogP contribution in [-0.2, 0) is 4.74 Å². The third kappa shape index (κ3) is 3.65. The van der Waals surface area contributed by atoms with Crippen molar-refractivity contribution in [3.05, 3.63) is 0 Å². The van der Waals surface area contributed by atoms with Gasteiger partial charge in [0.2, 0.25) is 0 Å². The fourth-order valence-electron chi connectivity index (χ4n) is 3.31. The Hall–Kier alpha value is -0.160. The molecule has 0 spiro atoms. The number of nitrogens with zero attached hydrogens (tertiary/aromatic N) is 2. The summed E-state index contributed by atoms with van der Waals surface area (Å²) in [6, 6.07) is 0.838. The van der Waals surface area contributed by atoms with E-state index in [-0.39, 0.29) is 0 Å². The summed E-state index contributed by atoms with van der Waals surface area (Å²) in [5.41, 5.74) is 5.41. The molecule has 2 atom stereocenters. The maximum Gasteiger partial charge on any atom is 0.0594 e. The maximum atomic E-state index is 5.47. The van der Waals surface area contributed by atoms with Gasteiger partial charge >= 0.3 is 0 Å². The molecular weight excluding hydrogens is 214 g/mol. The lowest BCUT2D eigenvalue weighted by atomic mass is 9.84. The molecule has 0 amide bonds. The van der Waals surface area contributed by atoms with Crippen molar-refractivity contribution in [2.24, 2.45) is 11.7 Å². The third-order valence-corrected chi connectivity index (χ3v) is 4.24. The standard InChI is InChI=1S/C13H27N3O/c1-15-6-2-3-12-11-16(7-4-13(12)15)8-10-17-9-5-14/h12-13H,2-11,14H2,1H3. The highest BCUT2D eigenvalue weighted by molar-refractivity contribution is 4.89. The first-order valence-corrected chi connectivity index (χ1v) is 7.01. The van der Waals surface area contributed by atoms with Gasteiger partial charge in [-0.1, -0.05) is 0 Å². The van der Waals surface area contributed by atoms with E-state index >= 15 is 0 Å². The molecule has 4 heteroatoms. The highest BCUT2D eigenvalue weighted by Gasteiger charge is 2.33. The molecule has 0 aromatic carbocycles. The van der Waals surface area contributed by atoms with E-state index in [1.165, 1.54) is 38.9 Å². The van der Waals surface area contributed by atoms with Crippen molar-refractivity contribution in [1.82, 2.24) is 9.80 Å². The minimum Gasteiger partial charge on any atom is -0.379 e. The lowest BCUT2D eigenvalue weighted by Gasteiger charge is -2.46. The van der Waals surface area contributed by atoms with Gasteiger partial charge in [-0.25, -0.2) is 0 Å². The van der Waals surface area contributed by atoms with Gasteiger partial charge in [-0.05, 0) is 45.3 Å². The zero-order valence-electron chi connectivity index (χ0n) is 11.1. The molecule has 2 aliphatic heterocycles. The second-order valence-corrected chi connectivity index (χ2v) is 5.44. The molecule has 17 heavy (non-hydrogen) atoms. The number of fused-ring (bicyclic) bond motifs is 1. The van der Waals surface area contributed by atoms with Crippen LogP contribution in [0.15, 0.2) is 0 Å². The Bertz CT molecular complexity index is 225. The van der Waals surface area contributed by atoms with Crippen LogP contribution in [0.2, 0.25) is 0 Å². The first kappa shape index (κ1) is 13.3. The third-order valence-electron chi connectivity index (χ3n) is 4.24. The van der Waals surface area contributed by atoms with Crippen LogP contribution in [-0.4, -0.2) is 68.8 Å². The molecule has 100 valence electrons. The van der Waals surface area contributed by atoms with Crippen LogP contribution >= 0.6 is 0 Å². The van der Waals surface area contributed by atoms with Crippen molar-refractivity contribution in [3.8, 4) is 0 Å². The van der Waals surface area contributed by atoms with E-state index in [4.69, 9.17) is 10.5 Å². The Morgan fingerprint density at radius 3 is 2.94 bits per heavy atom. The molecule has 0 aliphatic carbocycles. The number of ether oxygens (including phenoxy) is 1. The monoisotopic (exact) mass is 241 g/mol. The van der Waals surface area contributed by atoms with Gasteiger partial charge in [-0.2, -0.15) is 0 Å². The normalized spacial score (nSPS) is 31.4. The van der Waals surface area contributed by atoms with E-state index in [0.717, 1.165) is 25.1 Å². The van der Waals surface area contributed by atoms with Gasteiger partial charge in [0.1, 0.15) is 0 Å². The number of nitrogens with two attached hydrogens (primary N) is 1. The van der Waals surface area contributed by atoms with Gasteiger partial charge < -0.3 is 20.3 Å². The van der Waals surface area contributed by atoms with E-state index in [1.807, 2.05) is 0 Å². The van der Waals surface area contributed by atoms with Crippen LogP contribution < -0.4 is 5.73 Å². The maximum absolute atomic E-state index is 5.47. The van der Waals surface area contributed by atoms with Crippen LogP contribution in [0, 0.1) is 5.92 Å². The number of hydrogen-bond donors (Lipinski definition) is 1. The summed E-state index contributed by atoms with van der Waals surface area (Å²) in [6.07, 6.45) is 4.11. The summed E-state index contributed by atoms with van der Waals surface area (Å²) < 4.78 is 5.47. The SMILES string of the molecule is CN1CCCC2CN(CCOCCN)CCC21. The van der Waals surface area contributed by atoms with Crippen LogP contribution in [0.5, 0.6) is 0 Å². The van der Waals surface area contributed by atoms with Gasteiger partial charge in [-0.3, -0.25) is 0 Å². The van der Waals surface area contributed by atoms with Crippen molar-refractivity contribution in [2.75, 3.05) is 53.0 Å². The number of hydrogen-bond acceptors (Lipinski definition) is 4. The molecule has 0 radical (unpaired) electrons. The second kappa shape index (κ2) is 6.69. The number of piperidine rings is 2. The molecule has 2 saturated heterocycles. The first-order chi connectivity index (χ1) is 8.31. The summed E-state index contributed by atoms with van der Waals surface area (Å²) >= 11 is 0. The number of likely N-dealkylation sites (tertiary alicyclic amines) is 2. The smallest absolute Gasteiger partial charge is 0.0594 e. The molecule has 2 heterocycles. The lowest BCUT2D eigenvalue weighted by molar-refractivity contribution is 0.0238. The zero-order valence-corrected chi connectivity index (χ0v) is 11.1. The van der Waals surface area contributed by atoms with E-state index in [2.05, 4.69) is 16.8 Å². The summed E-state index contributed by atoms with van der Waals surface area (Å²) in [7, 11) is 2.29. The summed E-state index contributed by atoms with van der Waals surface area (Å²) in [5, 5.41) is 0. The van der Waals surface area contributed by atoms with Crippen molar-refractivity contribution < 1.29 is 4.74 Å². The highest BCUT2D eigenvalue weighted by atomic mass is 16.5. The van der Waals surface area contributed by atoms with Gasteiger partial charge in [-0.15, -0.1) is 0 Å². The average Bonchev–Trinajstić information content (AvgIpc) is 2.35. The molecule has 2 rings (SSSR count).